The Hall–Kier alpha value is -3.00. The fourth-order valence-corrected chi connectivity index (χ4v) is 4.88. The zero-order valence-electron chi connectivity index (χ0n) is 18.1. The quantitative estimate of drug-likeness (QED) is 0.545. The summed E-state index contributed by atoms with van der Waals surface area (Å²) in [5.41, 5.74) is 1.69. The molecule has 1 aliphatic carbocycles. The number of amides is 1. The van der Waals surface area contributed by atoms with Crippen molar-refractivity contribution in [1.29, 1.82) is 0 Å². The first-order chi connectivity index (χ1) is 14.2. The van der Waals surface area contributed by atoms with Gasteiger partial charge in [0.25, 0.3) is 0 Å². The summed E-state index contributed by atoms with van der Waals surface area (Å²) in [5.74, 6) is 3.83. The van der Waals surface area contributed by atoms with E-state index in [1.54, 1.807) is 11.1 Å². The van der Waals surface area contributed by atoms with Crippen LogP contribution in [0.4, 0.5) is 4.79 Å². The second-order valence-corrected chi connectivity index (χ2v) is 9.61. The number of hydrogen-bond acceptors (Lipinski definition) is 4. The number of rotatable bonds is 2. The Morgan fingerprint density at radius 2 is 2.07 bits per heavy atom. The maximum Gasteiger partial charge on any atom is 0.410 e. The van der Waals surface area contributed by atoms with Crippen LogP contribution in [0.15, 0.2) is 52.7 Å². The van der Waals surface area contributed by atoms with E-state index in [1.807, 2.05) is 39.0 Å². The Bertz CT molecular complexity index is 1020. The summed E-state index contributed by atoms with van der Waals surface area (Å²) < 4.78 is 11.3. The van der Waals surface area contributed by atoms with Crippen molar-refractivity contribution in [3.05, 3.63) is 65.1 Å². The molecule has 5 nitrogen and oxygen atoms in total. The Morgan fingerprint density at radius 1 is 1.33 bits per heavy atom. The Labute approximate surface area is 178 Å². The van der Waals surface area contributed by atoms with Crippen LogP contribution in [0.5, 0.6) is 0 Å². The molecule has 0 unspecified atom stereocenters. The van der Waals surface area contributed by atoms with E-state index in [0.29, 0.717) is 19.5 Å². The van der Waals surface area contributed by atoms with E-state index in [2.05, 4.69) is 36.2 Å². The zero-order valence-corrected chi connectivity index (χ0v) is 18.1. The molecule has 5 heteroatoms. The molecule has 0 spiro atoms. The van der Waals surface area contributed by atoms with Gasteiger partial charge >= 0.3 is 6.09 Å². The van der Waals surface area contributed by atoms with Gasteiger partial charge in [0.15, 0.2) is 5.76 Å². The maximum atomic E-state index is 12.8. The van der Waals surface area contributed by atoms with Crippen molar-refractivity contribution in [2.45, 2.75) is 51.6 Å². The lowest BCUT2D eigenvalue weighted by atomic mass is 9.56. The number of terminal acetylenes is 1. The molecule has 0 N–H and O–H groups in total. The molecule has 2 atom stereocenters. The molecule has 2 aromatic rings. The predicted molar refractivity (Wildman–Crippen MR) is 115 cm³/mol. The van der Waals surface area contributed by atoms with Crippen LogP contribution in [0.3, 0.4) is 0 Å². The second kappa shape index (κ2) is 7.05. The number of benzene rings is 1. The van der Waals surface area contributed by atoms with Gasteiger partial charge < -0.3 is 14.2 Å². The molecule has 1 amide bonds. The summed E-state index contributed by atoms with van der Waals surface area (Å²) in [4.78, 5) is 14.5. The Morgan fingerprint density at radius 3 is 2.73 bits per heavy atom. The largest absolute Gasteiger partial charge is 0.444 e. The van der Waals surface area contributed by atoms with Crippen LogP contribution in [0.25, 0.3) is 0 Å². The number of aromatic nitrogens is 1. The van der Waals surface area contributed by atoms with Gasteiger partial charge in [-0.25, -0.2) is 4.79 Å². The summed E-state index contributed by atoms with van der Waals surface area (Å²) in [5, 5.41) is 4.08. The number of carbonyl (C=O) groups is 1. The van der Waals surface area contributed by atoms with Crippen molar-refractivity contribution in [3.63, 3.8) is 0 Å². The van der Waals surface area contributed by atoms with Crippen LogP contribution in [0, 0.1) is 17.8 Å². The maximum absolute atomic E-state index is 12.8. The Balaban J connectivity index is 1.76. The molecular formula is C25H28N2O3. The third kappa shape index (κ3) is 3.41. The molecule has 1 aromatic heterocycles. The van der Waals surface area contributed by atoms with E-state index in [0.717, 1.165) is 28.9 Å². The van der Waals surface area contributed by atoms with E-state index >= 15 is 0 Å². The fraction of sp³-hybridized carbons (Fsp3) is 0.440. The highest BCUT2D eigenvalue weighted by molar-refractivity contribution is 5.69. The average molecular weight is 405 g/mol. The van der Waals surface area contributed by atoms with Crippen LogP contribution in [-0.2, 0) is 23.0 Å². The molecule has 30 heavy (non-hydrogen) atoms. The van der Waals surface area contributed by atoms with E-state index in [4.69, 9.17) is 15.7 Å². The molecule has 0 fully saturated rings. The van der Waals surface area contributed by atoms with Crippen molar-refractivity contribution in [3.8, 4) is 12.3 Å². The van der Waals surface area contributed by atoms with E-state index in [9.17, 15) is 4.79 Å². The van der Waals surface area contributed by atoms with Crippen molar-refractivity contribution < 1.29 is 14.1 Å². The van der Waals surface area contributed by atoms with Gasteiger partial charge in [0.05, 0.1) is 6.20 Å². The third-order valence-electron chi connectivity index (χ3n) is 5.99. The number of nitrogens with zero attached hydrogens (tertiary/aromatic N) is 2. The lowest BCUT2D eigenvalue weighted by Gasteiger charge is -2.49. The smallest absolute Gasteiger partial charge is 0.410 e. The summed E-state index contributed by atoms with van der Waals surface area (Å²) in [6, 6.07) is 10.2. The van der Waals surface area contributed by atoms with Gasteiger partial charge in [-0.15, -0.1) is 6.42 Å². The van der Waals surface area contributed by atoms with Crippen molar-refractivity contribution in [2.24, 2.45) is 5.41 Å². The monoisotopic (exact) mass is 404 g/mol. The van der Waals surface area contributed by atoms with Crippen LogP contribution in [-0.4, -0.2) is 34.8 Å². The van der Waals surface area contributed by atoms with Crippen molar-refractivity contribution >= 4 is 6.09 Å². The van der Waals surface area contributed by atoms with Crippen LogP contribution < -0.4 is 0 Å². The lowest BCUT2D eigenvalue weighted by molar-refractivity contribution is 0.0178. The molecule has 2 heterocycles. The first-order valence-electron chi connectivity index (χ1n) is 10.3. The number of hydrogen-bond donors (Lipinski definition) is 0. The first-order valence-corrected chi connectivity index (χ1v) is 10.3. The molecule has 0 saturated carbocycles. The normalized spacial score (nSPS) is 25.6. The Kier molecular flexibility index (Phi) is 4.77. The summed E-state index contributed by atoms with van der Waals surface area (Å²) >= 11 is 0. The van der Waals surface area contributed by atoms with Gasteiger partial charge in [-0.05, 0) is 38.3 Å². The molecule has 4 rings (SSSR count). The third-order valence-corrected chi connectivity index (χ3v) is 5.99. The highest BCUT2D eigenvalue weighted by Gasteiger charge is 2.54. The number of carbonyl (C=O) groups excluding carboxylic acids is 1. The van der Waals surface area contributed by atoms with E-state index < -0.39 is 11.0 Å². The molecule has 0 saturated heterocycles. The van der Waals surface area contributed by atoms with Gasteiger partial charge in [0.1, 0.15) is 11.0 Å². The lowest BCUT2D eigenvalue weighted by Crippen LogP contribution is -2.53. The molecule has 0 bridgehead atoms. The molecule has 2 aliphatic rings. The zero-order chi connectivity index (χ0) is 21.6. The van der Waals surface area contributed by atoms with Crippen LogP contribution >= 0.6 is 0 Å². The fourth-order valence-electron chi connectivity index (χ4n) is 4.88. The minimum atomic E-state index is -0.722. The molecule has 1 aromatic carbocycles. The van der Waals surface area contributed by atoms with Crippen LogP contribution in [0.1, 0.15) is 44.6 Å². The van der Waals surface area contributed by atoms with Crippen molar-refractivity contribution in [1.82, 2.24) is 10.1 Å². The minimum Gasteiger partial charge on any atom is -0.444 e. The molecular weight excluding hydrogens is 376 g/mol. The second-order valence-electron chi connectivity index (χ2n) is 9.61. The summed E-state index contributed by atoms with van der Waals surface area (Å²) in [7, 11) is 0. The molecule has 0 radical (unpaired) electrons. The van der Waals surface area contributed by atoms with Gasteiger partial charge in [0.2, 0.25) is 0 Å². The molecule has 1 aliphatic heterocycles. The average Bonchev–Trinajstić information content (AvgIpc) is 3.14. The standard InChI is InChI=1S/C25H28N2O3/c1-6-25(14-18-10-8-7-9-11-18)20-12-13-27(22(28)29-23(2,3)4)17-24(20,5)15-19-16-26-30-21(19)25/h1,7-12,16H,13-15,17H2,2-5H3/t24-,25+/m0/s1. The van der Waals surface area contributed by atoms with Gasteiger partial charge in [-0.2, -0.15) is 0 Å². The predicted octanol–water partition coefficient (Wildman–Crippen LogP) is 4.53. The van der Waals surface area contributed by atoms with Gasteiger partial charge in [-0.1, -0.05) is 54.4 Å². The number of ether oxygens (including phenoxy) is 1. The van der Waals surface area contributed by atoms with E-state index in [1.165, 1.54) is 0 Å². The van der Waals surface area contributed by atoms with E-state index in [-0.39, 0.29) is 11.5 Å². The summed E-state index contributed by atoms with van der Waals surface area (Å²) in [6.07, 6.45) is 11.1. The summed E-state index contributed by atoms with van der Waals surface area (Å²) in [6.45, 7) is 8.81. The SMILES string of the molecule is C#C[C@@]1(Cc2ccccc2)C2=CCN(C(=O)OC(C)(C)C)C[C@]2(C)Cc2cnoc21. The number of fused-ring (bicyclic) bond motifs is 2. The van der Waals surface area contributed by atoms with Gasteiger partial charge in [0, 0.05) is 30.5 Å². The molecule has 156 valence electrons. The van der Waals surface area contributed by atoms with Crippen LogP contribution in [0.2, 0.25) is 0 Å². The highest BCUT2D eigenvalue weighted by Crippen LogP contribution is 2.53. The minimum absolute atomic E-state index is 0.301. The van der Waals surface area contributed by atoms with Gasteiger partial charge in [-0.3, -0.25) is 0 Å². The first kappa shape index (κ1) is 20.3. The highest BCUT2D eigenvalue weighted by atomic mass is 16.6. The topological polar surface area (TPSA) is 55.6 Å². The van der Waals surface area contributed by atoms with Crippen molar-refractivity contribution in [2.75, 3.05) is 13.1 Å².